The van der Waals surface area contributed by atoms with Crippen molar-refractivity contribution in [1.82, 2.24) is 0 Å². The second-order valence-electron chi connectivity index (χ2n) is 4.10. The van der Waals surface area contributed by atoms with Gasteiger partial charge in [-0.05, 0) is 42.9 Å². The van der Waals surface area contributed by atoms with E-state index in [4.69, 9.17) is 5.73 Å². The minimum Gasteiger partial charge on any atom is -0.391 e. The van der Waals surface area contributed by atoms with Crippen molar-refractivity contribution in [2.24, 2.45) is 5.73 Å². The summed E-state index contributed by atoms with van der Waals surface area (Å²) in [6.45, 7) is 1.75. The molecule has 0 spiro atoms. The van der Waals surface area contributed by atoms with Crippen LogP contribution < -0.4 is 5.73 Å². The van der Waals surface area contributed by atoms with Gasteiger partial charge in [0, 0.05) is 0 Å². The van der Waals surface area contributed by atoms with Crippen molar-refractivity contribution in [3.05, 3.63) is 34.9 Å². The molecule has 1 aliphatic rings. The molecule has 0 fully saturated rings. The molecule has 2 atom stereocenters. The number of benzene rings is 1. The minimum absolute atomic E-state index is 0.233. The quantitative estimate of drug-likeness (QED) is 0.745. The lowest BCUT2D eigenvalue weighted by Crippen LogP contribution is -2.24. The molecule has 0 saturated carbocycles. The molecule has 76 valence electrons. The van der Waals surface area contributed by atoms with Gasteiger partial charge in [-0.3, -0.25) is 0 Å². The fourth-order valence-electron chi connectivity index (χ4n) is 2.22. The summed E-state index contributed by atoms with van der Waals surface area (Å²) >= 11 is 0. The molecular weight excluding hydrogens is 174 g/mol. The number of aliphatic hydroxyl groups excluding tert-OH is 1. The molecule has 14 heavy (non-hydrogen) atoms. The predicted molar refractivity (Wildman–Crippen MR) is 57.1 cm³/mol. The summed E-state index contributed by atoms with van der Waals surface area (Å²) in [4.78, 5) is 0. The first-order valence-electron chi connectivity index (χ1n) is 5.24. The van der Waals surface area contributed by atoms with Crippen molar-refractivity contribution in [2.45, 2.75) is 38.3 Å². The monoisotopic (exact) mass is 191 g/mol. The largest absolute Gasteiger partial charge is 0.391 e. The van der Waals surface area contributed by atoms with Crippen molar-refractivity contribution in [3.8, 4) is 0 Å². The molecule has 3 N–H and O–H groups in total. The molecule has 0 aliphatic heterocycles. The van der Waals surface area contributed by atoms with Gasteiger partial charge in [0.1, 0.15) is 0 Å². The van der Waals surface area contributed by atoms with Crippen LogP contribution in [0.15, 0.2) is 18.2 Å². The molecule has 0 bridgehead atoms. The Morgan fingerprint density at radius 2 is 2.14 bits per heavy atom. The summed E-state index contributed by atoms with van der Waals surface area (Å²) in [5.74, 6) is 0. The first-order chi connectivity index (χ1) is 6.70. The Balaban J connectivity index is 2.39. The van der Waals surface area contributed by atoms with Crippen LogP contribution >= 0.6 is 0 Å². The van der Waals surface area contributed by atoms with Crippen LogP contribution in [0.4, 0.5) is 0 Å². The van der Waals surface area contributed by atoms with Crippen LogP contribution in [0.1, 0.15) is 36.1 Å². The maximum absolute atomic E-state index is 9.48. The number of aliphatic hydroxyl groups is 1. The highest BCUT2D eigenvalue weighted by Crippen LogP contribution is 2.29. The van der Waals surface area contributed by atoms with Crippen LogP contribution in [0, 0.1) is 0 Å². The highest BCUT2D eigenvalue weighted by atomic mass is 16.3. The third-order valence-corrected chi connectivity index (χ3v) is 3.06. The van der Waals surface area contributed by atoms with Crippen molar-refractivity contribution in [2.75, 3.05) is 0 Å². The van der Waals surface area contributed by atoms with E-state index in [1.165, 1.54) is 17.5 Å². The number of aryl methyl sites for hydroxylation is 1. The number of rotatable bonds is 2. The van der Waals surface area contributed by atoms with Crippen LogP contribution in [0.25, 0.3) is 0 Å². The normalized spacial score (nSPS) is 19.1. The van der Waals surface area contributed by atoms with Gasteiger partial charge in [-0.2, -0.15) is 0 Å². The Labute approximate surface area is 84.7 Å². The molecule has 1 aromatic rings. The summed E-state index contributed by atoms with van der Waals surface area (Å²) in [5.41, 5.74) is 9.89. The predicted octanol–water partition coefficient (Wildman–Crippen LogP) is 1.56. The van der Waals surface area contributed by atoms with Crippen molar-refractivity contribution in [3.63, 3.8) is 0 Å². The molecule has 2 nitrogen and oxygen atoms in total. The number of fused-ring (bicyclic) bond motifs is 1. The van der Waals surface area contributed by atoms with Gasteiger partial charge < -0.3 is 10.8 Å². The van der Waals surface area contributed by atoms with Crippen molar-refractivity contribution < 1.29 is 5.11 Å². The van der Waals surface area contributed by atoms with Gasteiger partial charge in [-0.1, -0.05) is 18.2 Å². The van der Waals surface area contributed by atoms with E-state index in [9.17, 15) is 5.11 Å². The van der Waals surface area contributed by atoms with E-state index in [0.29, 0.717) is 0 Å². The third kappa shape index (κ3) is 1.56. The Hall–Kier alpha value is -0.860. The van der Waals surface area contributed by atoms with Gasteiger partial charge in [-0.25, -0.2) is 0 Å². The van der Waals surface area contributed by atoms with Crippen molar-refractivity contribution >= 4 is 0 Å². The third-order valence-electron chi connectivity index (χ3n) is 3.06. The van der Waals surface area contributed by atoms with Crippen LogP contribution in [-0.2, 0) is 12.8 Å². The van der Waals surface area contributed by atoms with Crippen LogP contribution in [0.5, 0.6) is 0 Å². The van der Waals surface area contributed by atoms with Crippen LogP contribution in [0.3, 0.4) is 0 Å². The molecule has 1 aliphatic carbocycles. The molecule has 2 unspecified atom stereocenters. The van der Waals surface area contributed by atoms with E-state index in [2.05, 4.69) is 6.07 Å². The first-order valence-corrected chi connectivity index (χ1v) is 5.24. The summed E-state index contributed by atoms with van der Waals surface area (Å²) < 4.78 is 0. The van der Waals surface area contributed by atoms with Crippen molar-refractivity contribution in [1.29, 1.82) is 0 Å². The Bertz CT molecular complexity index is 333. The smallest absolute Gasteiger partial charge is 0.0704 e. The highest BCUT2D eigenvalue weighted by molar-refractivity contribution is 5.40. The standard InChI is InChI=1S/C12H17NO/c1-8(14)12(13)11-7-3-5-9-4-2-6-10(9)11/h3,5,7-8,12,14H,2,4,6,13H2,1H3. The van der Waals surface area contributed by atoms with E-state index in [0.717, 1.165) is 18.4 Å². The molecule has 2 rings (SSSR count). The summed E-state index contributed by atoms with van der Waals surface area (Å²) in [6.07, 6.45) is 3.03. The average Bonchev–Trinajstić information content (AvgIpc) is 2.63. The topological polar surface area (TPSA) is 46.2 Å². The zero-order valence-corrected chi connectivity index (χ0v) is 8.53. The highest BCUT2D eigenvalue weighted by Gasteiger charge is 2.20. The van der Waals surface area contributed by atoms with E-state index < -0.39 is 6.10 Å². The second-order valence-corrected chi connectivity index (χ2v) is 4.10. The molecular formula is C12H17NO. The molecule has 0 aromatic heterocycles. The Kier molecular flexibility index (Phi) is 2.57. The maximum Gasteiger partial charge on any atom is 0.0704 e. The molecule has 0 saturated heterocycles. The number of hydrogen-bond acceptors (Lipinski definition) is 2. The zero-order valence-electron chi connectivity index (χ0n) is 8.53. The van der Waals surface area contributed by atoms with Crippen LogP contribution in [0.2, 0.25) is 0 Å². The fraction of sp³-hybridized carbons (Fsp3) is 0.500. The molecule has 0 amide bonds. The SMILES string of the molecule is CC(O)C(N)c1cccc2c1CCC2. The van der Waals surface area contributed by atoms with Gasteiger partial charge in [0.2, 0.25) is 0 Å². The lowest BCUT2D eigenvalue weighted by atomic mass is 9.95. The second kappa shape index (κ2) is 3.71. The molecule has 0 heterocycles. The molecule has 0 radical (unpaired) electrons. The van der Waals surface area contributed by atoms with E-state index in [-0.39, 0.29) is 6.04 Å². The summed E-state index contributed by atoms with van der Waals surface area (Å²) in [7, 11) is 0. The van der Waals surface area contributed by atoms with E-state index >= 15 is 0 Å². The summed E-state index contributed by atoms with van der Waals surface area (Å²) in [5, 5.41) is 9.48. The number of hydrogen-bond donors (Lipinski definition) is 2. The van der Waals surface area contributed by atoms with Gasteiger partial charge in [0.05, 0.1) is 12.1 Å². The fourth-order valence-corrected chi connectivity index (χ4v) is 2.22. The van der Waals surface area contributed by atoms with Gasteiger partial charge >= 0.3 is 0 Å². The van der Waals surface area contributed by atoms with Gasteiger partial charge in [0.25, 0.3) is 0 Å². The van der Waals surface area contributed by atoms with E-state index in [1.54, 1.807) is 6.92 Å². The van der Waals surface area contributed by atoms with Crippen LogP contribution in [-0.4, -0.2) is 11.2 Å². The first kappa shape index (κ1) is 9.69. The lowest BCUT2D eigenvalue weighted by molar-refractivity contribution is 0.164. The minimum atomic E-state index is -0.470. The Morgan fingerprint density at radius 3 is 2.86 bits per heavy atom. The Morgan fingerprint density at radius 1 is 1.36 bits per heavy atom. The lowest BCUT2D eigenvalue weighted by Gasteiger charge is -2.18. The van der Waals surface area contributed by atoms with Gasteiger partial charge in [0.15, 0.2) is 0 Å². The number of nitrogens with two attached hydrogens (primary N) is 1. The summed E-state index contributed by atoms with van der Waals surface area (Å²) in [6, 6.07) is 6.02. The maximum atomic E-state index is 9.48. The van der Waals surface area contributed by atoms with E-state index in [1.807, 2.05) is 12.1 Å². The zero-order chi connectivity index (χ0) is 10.1. The molecule has 1 aromatic carbocycles. The average molecular weight is 191 g/mol. The van der Waals surface area contributed by atoms with Gasteiger partial charge in [-0.15, -0.1) is 0 Å². The molecule has 2 heteroatoms.